The molecule has 0 atom stereocenters. The van der Waals surface area contributed by atoms with Crippen LogP contribution in [-0.4, -0.2) is 14.5 Å². The van der Waals surface area contributed by atoms with E-state index in [1.807, 2.05) is 42.5 Å². The predicted molar refractivity (Wildman–Crippen MR) is 80.1 cm³/mol. The van der Waals surface area contributed by atoms with Crippen molar-refractivity contribution in [3.05, 3.63) is 70.4 Å². The van der Waals surface area contributed by atoms with Crippen LogP contribution in [0.4, 0.5) is 0 Å². The third-order valence-corrected chi connectivity index (χ3v) is 3.13. The predicted octanol–water partition coefficient (Wildman–Crippen LogP) is 2.50. The molecular formula is C16H13N3O. The van der Waals surface area contributed by atoms with Gasteiger partial charge in [0.25, 0.3) is 5.56 Å². The van der Waals surface area contributed by atoms with Crippen LogP contribution in [0, 0.1) is 0 Å². The zero-order chi connectivity index (χ0) is 13.9. The van der Waals surface area contributed by atoms with Crippen LogP contribution in [0.1, 0.15) is 11.3 Å². The molecule has 20 heavy (non-hydrogen) atoms. The van der Waals surface area contributed by atoms with E-state index in [9.17, 15) is 4.79 Å². The van der Waals surface area contributed by atoms with E-state index in [1.165, 1.54) is 0 Å². The van der Waals surface area contributed by atoms with Gasteiger partial charge in [-0.1, -0.05) is 24.3 Å². The standard InChI is InChI=1S/C16H13N3O/c1-19-15-7-3-2-6-13(15)18-14(16(19)20)9-8-12-5-4-10-17-11-12/h2-11H,1H3/b9-8+. The van der Waals surface area contributed by atoms with E-state index in [0.717, 1.165) is 16.6 Å². The first-order valence-electron chi connectivity index (χ1n) is 6.29. The fraction of sp³-hybridized carbons (Fsp3) is 0.0625. The van der Waals surface area contributed by atoms with Crippen molar-refractivity contribution in [3.8, 4) is 0 Å². The van der Waals surface area contributed by atoms with Gasteiger partial charge >= 0.3 is 0 Å². The molecule has 3 rings (SSSR count). The fourth-order valence-corrected chi connectivity index (χ4v) is 2.06. The Morgan fingerprint density at radius 1 is 1.10 bits per heavy atom. The van der Waals surface area contributed by atoms with Gasteiger partial charge in [-0.3, -0.25) is 9.78 Å². The van der Waals surface area contributed by atoms with E-state index in [2.05, 4.69) is 9.97 Å². The van der Waals surface area contributed by atoms with Crippen molar-refractivity contribution in [1.29, 1.82) is 0 Å². The molecule has 1 aromatic carbocycles. The number of hydrogen-bond acceptors (Lipinski definition) is 3. The summed E-state index contributed by atoms with van der Waals surface area (Å²) < 4.78 is 1.62. The molecule has 4 heteroatoms. The second kappa shape index (κ2) is 5.09. The summed E-state index contributed by atoms with van der Waals surface area (Å²) in [4.78, 5) is 20.7. The molecule has 0 aliphatic heterocycles. The van der Waals surface area contributed by atoms with Gasteiger partial charge in [0.1, 0.15) is 5.69 Å². The lowest BCUT2D eigenvalue weighted by atomic mass is 10.2. The molecule has 0 N–H and O–H groups in total. The first-order chi connectivity index (χ1) is 9.75. The van der Waals surface area contributed by atoms with Crippen LogP contribution in [0.15, 0.2) is 53.6 Å². The number of rotatable bonds is 2. The molecule has 0 saturated heterocycles. The maximum atomic E-state index is 12.2. The van der Waals surface area contributed by atoms with Gasteiger partial charge in [-0.15, -0.1) is 0 Å². The number of aryl methyl sites for hydroxylation is 1. The van der Waals surface area contributed by atoms with E-state index in [-0.39, 0.29) is 5.56 Å². The van der Waals surface area contributed by atoms with Gasteiger partial charge in [0.05, 0.1) is 11.0 Å². The Balaban J connectivity index is 2.11. The molecule has 2 heterocycles. The highest BCUT2D eigenvalue weighted by Crippen LogP contribution is 2.10. The van der Waals surface area contributed by atoms with Crippen LogP contribution in [0.25, 0.3) is 23.2 Å². The molecule has 0 aliphatic carbocycles. The third-order valence-electron chi connectivity index (χ3n) is 3.13. The topological polar surface area (TPSA) is 47.8 Å². The quantitative estimate of drug-likeness (QED) is 0.713. The Kier molecular flexibility index (Phi) is 3.13. The first kappa shape index (κ1) is 12.3. The molecule has 0 radical (unpaired) electrons. The summed E-state index contributed by atoms with van der Waals surface area (Å²) in [7, 11) is 1.76. The highest BCUT2D eigenvalue weighted by molar-refractivity contribution is 5.77. The lowest BCUT2D eigenvalue weighted by Crippen LogP contribution is -2.21. The van der Waals surface area contributed by atoms with Crippen molar-refractivity contribution in [2.45, 2.75) is 0 Å². The number of hydrogen-bond donors (Lipinski definition) is 0. The minimum atomic E-state index is -0.108. The molecule has 98 valence electrons. The van der Waals surface area contributed by atoms with E-state index < -0.39 is 0 Å². The number of benzene rings is 1. The van der Waals surface area contributed by atoms with E-state index in [4.69, 9.17) is 0 Å². The Bertz CT molecular complexity index is 835. The lowest BCUT2D eigenvalue weighted by Gasteiger charge is -2.05. The van der Waals surface area contributed by atoms with E-state index in [1.54, 1.807) is 30.1 Å². The number of pyridine rings is 1. The Morgan fingerprint density at radius 3 is 2.75 bits per heavy atom. The highest BCUT2D eigenvalue weighted by Gasteiger charge is 2.05. The van der Waals surface area contributed by atoms with Gasteiger partial charge in [-0.2, -0.15) is 0 Å². The van der Waals surface area contributed by atoms with Gasteiger partial charge in [0.15, 0.2) is 0 Å². The monoisotopic (exact) mass is 263 g/mol. The summed E-state index contributed by atoms with van der Waals surface area (Å²) in [6.45, 7) is 0. The average Bonchev–Trinajstić information content (AvgIpc) is 2.50. The molecule has 0 bridgehead atoms. The second-order valence-corrected chi connectivity index (χ2v) is 4.47. The third kappa shape index (κ3) is 2.23. The van der Waals surface area contributed by atoms with E-state index in [0.29, 0.717) is 5.69 Å². The maximum absolute atomic E-state index is 12.2. The summed E-state index contributed by atoms with van der Waals surface area (Å²) in [5, 5.41) is 0. The van der Waals surface area contributed by atoms with Gasteiger partial charge in [0, 0.05) is 19.4 Å². The van der Waals surface area contributed by atoms with Crippen molar-refractivity contribution in [2.24, 2.45) is 7.05 Å². The van der Waals surface area contributed by atoms with Gasteiger partial charge in [0.2, 0.25) is 0 Å². The minimum absolute atomic E-state index is 0.108. The fourth-order valence-electron chi connectivity index (χ4n) is 2.06. The van der Waals surface area contributed by atoms with Crippen molar-refractivity contribution < 1.29 is 0 Å². The molecule has 3 aromatic rings. The van der Waals surface area contributed by atoms with Crippen molar-refractivity contribution in [3.63, 3.8) is 0 Å². The molecule has 0 fully saturated rings. The number of fused-ring (bicyclic) bond motifs is 1. The number of nitrogens with zero attached hydrogens (tertiary/aromatic N) is 3. The average molecular weight is 263 g/mol. The molecule has 0 saturated carbocycles. The zero-order valence-electron chi connectivity index (χ0n) is 11.0. The largest absolute Gasteiger partial charge is 0.308 e. The molecule has 0 amide bonds. The van der Waals surface area contributed by atoms with Gasteiger partial charge < -0.3 is 4.57 Å². The van der Waals surface area contributed by atoms with Crippen LogP contribution >= 0.6 is 0 Å². The molecular weight excluding hydrogens is 250 g/mol. The summed E-state index contributed by atoms with van der Waals surface area (Å²) in [6, 6.07) is 11.4. The van der Waals surface area contributed by atoms with Crippen LogP contribution in [0.5, 0.6) is 0 Å². The Hall–Kier alpha value is -2.75. The molecule has 4 nitrogen and oxygen atoms in total. The number of para-hydroxylation sites is 2. The summed E-state index contributed by atoms with van der Waals surface area (Å²) in [5.41, 5.74) is 2.89. The highest BCUT2D eigenvalue weighted by atomic mass is 16.1. The zero-order valence-corrected chi connectivity index (χ0v) is 11.0. The lowest BCUT2D eigenvalue weighted by molar-refractivity contribution is 0.887. The van der Waals surface area contributed by atoms with Gasteiger partial charge in [-0.05, 0) is 29.8 Å². The maximum Gasteiger partial charge on any atom is 0.276 e. The SMILES string of the molecule is Cn1c(=O)c(/C=C/c2cccnc2)nc2ccccc21. The molecule has 0 spiro atoms. The minimum Gasteiger partial charge on any atom is -0.308 e. The molecule has 2 aromatic heterocycles. The summed E-state index contributed by atoms with van der Waals surface area (Å²) >= 11 is 0. The first-order valence-corrected chi connectivity index (χ1v) is 6.29. The van der Waals surface area contributed by atoms with Crippen LogP contribution in [0.3, 0.4) is 0 Å². The van der Waals surface area contributed by atoms with Crippen molar-refractivity contribution in [1.82, 2.24) is 14.5 Å². The van der Waals surface area contributed by atoms with Crippen LogP contribution < -0.4 is 5.56 Å². The second-order valence-electron chi connectivity index (χ2n) is 4.47. The summed E-state index contributed by atoms with van der Waals surface area (Å²) in [6.07, 6.45) is 7.02. The van der Waals surface area contributed by atoms with Crippen molar-refractivity contribution in [2.75, 3.05) is 0 Å². The van der Waals surface area contributed by atoms with Crippen molar-refractivity contribution >= 4 is 23.2 Å². The summed E-state index contributed by atoms with van der Waals surface area (Å²) in [5.74, 6) is 0. The normalized spacial score (nSPS) is 11.2. The molecule has 0 aliphatic rings. The van der Waals surface area contributed by atoms with Crippen LogP contribution in [-0.2, 0) is 7.05 Å². The van der Waals surface area contributed by atoms with Crippen LogP contribution in [0.2, 0.25) is 0 Å². The number of aromatic nitrogens is 3. The Morgan fingerprint density at radius 2 is 1.95 bits per heavy atom. The molecule has 0 unspecified atom stereocenters. The van der Waals surface area contributed by atoms with E-state index >= 15 is 0 Å². The van der Waals surface area contributed by atoms with Gasteiger partial charge in [-0.25, -0.2) is 4.98 Å². The Labute approximate surface area is 116 Å². The smallest absolute Gasteiger partial charge is 0.276 e.